The monoisotopic (exact) mass is 325 g/mol. The van der Waals surface area contributed by atoms with Crippen LogP contribution in [0, 0.1) is 6.92 Å². The van der Waals surface area contributed by atoms with Crippen LogP contribution in [0.1, 0.15) is 28.3 Å². The molecule has 0 fully saturated rings. The molecule has 0 bridgehead atoms. The fourth-order valence-electron chi connectivity index (χ4n) is 1.80. The number of benzene rings is 1. The molecule has 1 aromatic carbocycles. The summed E-state index contributed by atoms with van der Waals surface area (Å²) in [7, 11) is 0. The number of halogens is 1. The largest absolute Gasteiger partial charge is 0.494 e. The summed E-state index contributed by atoms with van der Waals surface area (Å²) in [6, 6.07) is 10.00. The molecule has 1 heterocycles. The molecule has 2 nitrogen and oxygen atoms in total. The van der Waals surface area contributed by atoms with Crippen LogP contribution in [0.15, 0.2) is 34.8 Å². The van der Waals surface area contributed by atoms with Crippen molar-refractivity contribution in [3.8, 4) is 5.75 Å². The van der Waals surface area contributed by atoms with Crippen LogP contribution < -0.4 is 10.5 Å². The highest BCUT2D eigenvalue weighted by molar-refractivity contribution is 9.10. The van der Waals surface area contributed by atoms with Crippen molar-refractivity contribution in [2.24, 2.45) is 5.73 Å². The summed E-state index contributed by atoms with van der Waals surface area (Å²) in [5.74, 6) is 0.884. The predicted octanol–water partition coefficient (Wildman–Crippen LogP) is 4.27. The Morgan fingerprint density at radius 1 is 1.33 bits per heavy atom. The Kier molecular flexibility index (Phi) is 4.43. The number of aryl methyl sites for hydroxylation is 1. The van der Waals surface area contributed by atoms with E-state index < -0.39 is 0 Å². The van der Waals surface area contributed by atoms with E-state index in [0.29, 0.717) is 6.61 Å². The molecule has 0 aliphatic carbocycles. The normalized spacial score (nSPS) is 12.4. The third-order valence-corrected chi connectivity index (χ3v) is 4.72. The molecule has 0 radical (unpaired) electrons. The van der Waals surface area contributed by atoms with Crippen molar-refractivity contribution in [3.05, 3.63) is 50.1 Å². The van der Waals surface area contributed by atoms with Crippen molar-refractivity contribution in [2.75, 3.05) is 6.61 Å². The van der Waals surface area contributed by atoms with E-state index in [1.807, 2.05) is 31.2 Å². The number of nitrogens with two attached hydrogens (primary N) is 1. The van der Waals surface area contributed by atoms with Gasteiger partial charge in [0.05, 0.1) is 12.6 Å². The zero-order valence-corrected chi connectivity index (χ0v) is 12.8. The molecule has 0 saturated heterocycles. The van der Waals surface area contributed by atoms with Gasteiger partial charge in [-0.15, -0.1) is 11.3 Å². The van der Waals surface area contributed by atoms with E-state index in [1.165, 1.54) is 4.88 Å². The van der Waals surface area contributed by atoms with E-state index >= 15 is 0 Å². The van der Waals surface area contributed by atoms with Gasteiger partial charge in [-0.05, 0) is 53.5 Å². The van der Waals surface area contributed by atoms with Gasteiger partial charge in [-0.3, -0.25) is 0 Å². The molecule has 2 N–H and O–H groups in total. The third kappa shape index (κ3) is 2.94. The maximum absolute atomic E-state index is 6.29. The molecule has 0 saturated carbocycles. The van der Waals surface area contributed by atoms with Gasteiger partial charge >= 0.3 is 0 Å². The molecule has 2 rings (SSSR count). The molecule has 96 valence electrons. The molecule has 1 aromatic heterocycles. The number of hydrogen-bond donors (Lipinski definition) is 1. The molecule has 0 aliphatic rings. The topological polar surface area (TPSA) is 35.2 Å². The minimum absolute atomic E-state index is 0.0891. The summed E-state index contributed by atoms with van der Waals surface area (Å²) >= 11 is 5.29. The van der Waals surface area contributed by atoms with Crippen molar-refractivity contribution in [1.29, 1.82) is 0 Å². The quantitative estimate of drug-likeness (QED) is 0.911. The average molecular weight is 326 g/mol. The highest BCUT2D eigenvalue weighted by Gasteiger charge is 2.15. The summed E-state index contributed by atoms with van der Waals surface area (Å²) < 4.78 is 6.52. The van der Waals surface area contributed by atoms with Crippen LogP contribution >= 0.6 is 27.3 Å². The Balaban J connectivity index is 2.23. The van der Waals surface area contributed by atoms with E-state index in [4.69, 9.17) is 10.5 Å². The van der Waals surface area contributed by atoms with Gasteiger partial charge in [0, 0.05) is 14.2 Å². The number of thiophene rings is 1. The fraction of sp³-hybridized carbons (Fsp3) is 0.286. The van der Waals surface area contributed by atoms with Gasteiger partial charge < -0.3 is 10.5 Å². The molecule has 4 heteroatoms. The summed E-state index contributed by atoms with van der Waals surface area (Å²) in [5, 5.41) is 0. The van der Waals surface area contributed by atoms with Gasteiger partial charge in [0.25, 0.3) is 0 Å². The maximum atomic E-state index is 6.29. The number of hydrogen-bond acceptors (Lipinski definition) is 3. The van der Waals surface area contributed by atoms with Crippen LogP contribution in [-0.4, -0.2) is 6.61 Å². The first-order valence-electron chi connectivity index (χ1n) is 5.86. The fourth-order valence-corrected chi connectivity index (χ4v) is 3.73. The van der Waals surface area contributed by atoms with E-state index in [2.05, 4.69) is 28.9 Å². The van der Waals surface area contributed by atoms with Gasteiger partial charge in [-0.1, -0.05) is 12.1 Å². The highest BCUT2D eigenvalue weighted by atomic mass is 79.9. The molecular weight excluding hydrogens is 310 g/mol. The lowest BCUT2D eigenvalue weighted by Gasteiger charge is -2.12. The lowest BCUT2D eigenvalue weighted by molar-refractivity contribution is 0.340. The van der Waals surface area contributed by atoms with Gasteiger partial charge in [0.1, 0.15) is 5.75 Å². The smallest absolute Gasteiger partial charge is 0.119 e. The summed E-state index contributed by atoms with van der Waals surface area (Å²) in [5.41, 5.74) is 7.39. The second-order valence-electron chi connectivity index (χ2n) is 4.05. The van der Waals surface area contributed by atoms with Gasteiger partial charge in [0.2, 0.25) is 0 Å². The summed E-state index contributed by atoms with van der Waals surface area (Å²) in [6.45, 7) is 4.75. The van der Waals surface area contributed by atoms with Gasteiger partial charge in [-0.2, -0.15) is 0 Å². The van der Waals surface area contributed by atoms with Crippen molar-refractivity contribution < 1.29 is 4.74 Å². The predicted molar refractivity (Wildman–Crippen MR) is 80.4 cm³/mol. The Labute approximate surface area is 120 Å². The van der Waals surface area contributed by atoms with E-state index in [9.17, 15) is 0 Å². The van der Waals surface area contributed by atoms with Crippen LogP contribution in [0.5, 0.6) is 5.75 Å². The molecular formula is C14H16BrNOS. The summed E-state index contributed by atoms with van der Waals surface area (Å²) in [4.78, 5) is 2.43. The third-order valence-electron chi connectivity index (χ3n) is 2.67. The minimum atomic E-state index is -0.0891. The SMILES string of the molecule is CCOc1ccc(C(N)c2sc(C)cc2Br)cc1. The Hall–Kier alpha value is -0.840. The zero-order valence-electron chi connectivity index (χ0n) is 10.4. The zero-order chi connectivity index (χ0) is 13.1. The van der Waals surface area contributed by atoms with Crippen molar-refractivity contribution in [3.63, 3.8) is 0 Å². The van der Waals surface area contributed by atoms with Crippen LogP contribution in [0.2, 0.25) is 0 Å². The number of rotatable bonds is 4. The molecule has 0 aliphatic heterocycles. The van der Waals surface area contributed by atoms with Crippen molar-refractivity contribution >= 4 is 27.3 Å². The first-order valence-corrected chi connectivity index (χ1v) is 7.47. The van der Waals surface area contributed by atoms with E-state index in [1.54, 1.807) is 11.3 Å². The Morgan fingerprint density at radius 3 is 2.50 bits per heavy atom. The van der Waals surface area contributed by atoms with Crippen LogP contribution in [0.4, 0.5) is 0 Å². The maximum Gasteiger partial charge on any atom is 0.119 e. The van der Waals surface area contributed by atoms with E-state index in [0.717, 1.165) is 20.7 Å². The first-order chi connectivity index (χ1) is 8.61. The van der Waals surface area contributed by atoms with Crippen LogP contribution in [-0.2, 0) is 0 Å². The van der Waals surface area contributed by atoms with E-state index in [-0.39, 0.29) is 6.04 Å². The molecule has 0 amide bonds. The molecule has 1 unspecified atom stereocenters. The average Bonchev–Trinajstić information content (AvgIpc) is 2.69. The standard InChI is InChI=1S/C14H16BrNOS/c1-3-17-11-6-4-10(5-7-11)13(16)14-12(15)8-9(2)18-14/h4-8,13H,3,16H2,1-2H3. The Morgan fingerprint density at radius 2 is 2.00 bits per heavy atom. The molecule has 18 heavy (non-hydrogen) atoms. The van der Waals surface area contributed by atoms with Gasteiger partial charge in [0.15, 0.2) is 0 Å². The Bertz CT molecular complexity index is 521. The second-order valence-corrected chi connectivity index (χ2v) is 6.19. The number of ether oxygens (including phenoxy) is 1. The lowest BCUT2D eigenvalue weighted by Crippen LogP contribution is -2.10. The van der Waals surface area contributed by atoms with Crippen LogP contribution in [0.25, 0.3) is 0 Å². The summed E-state index contributed by atoms with van der Waals surface area (Å²) in [6.07, 6.45) is 0. The first kappa shape index (κ1) is 13.6. The van der Waals surface area contributed by atoms with Crippen molar-refractivity contribution in [2.45, 2.75) is 19.9 Å². The minimum Gasteiger partial charge on any atom is -0.494 e. The molecule has 2 aromatic rings. The molecule has 1 atom stereocenters. The second kappa shape index (κ2) is 5.87. The van der Waals surface area contributed by atoms with Crippen LogP contribution in [0.3, 0.4) is 0 Å². The van der Waals surface area contributed by atoms with Crippen molar-refractivity contribution in [1.82, 2.24) is 0 Å². The lowest BCUT2D eigenvalue weighted by atomic mass is 10.1. The highest BCUT2D eigenvalue weighted by Crippen LogP contribution is 2.34. The molecule has 0 spiro atoms. The van der Waals surface area contributed by atoms with Gasteiger partial charge in [-0.25, -0.2) is 0 Å².